The molecule has 0 aliphatic heterocycles. The highest BCUT2D eigenvalue weighted by Gasteiger charge is 2.15. The number of hydrogen-bond donors (Lipinski definition) is 1. The smallest absolute Gasteiger partial charge is 0.117 e. The summed E-state index contributed by atoms with van der Waals surface area (Å²) in [6, 6.07) is 16.5. The van der Waals surface area contributed by atoms with E-state index in [0.717, 1.165) is 16.9 Å². The van der Waals surface area contributed by atoms with Crippen molar-refractivity contribution in [3.63, 3.8) is 0 Å². The summed E-state index contributed by atoms with van der Waals surface area (Å²) >= 11 is 0. The van der Waals surface area contributed by atoms with Crippen LogP contribution in [0.2, 0.25) is 0 Å². The second kappa shape index (κ2) is 6.34. The molecule has 4 heteroatoms. The minimum atomic E-state index is -0.132. The van der Waals surface area contributed by atoms with E-state index < -0.39 is 0 Å². The van der Waals surface area contributed by atoms with Gasteiger partial charge in [0.1, 0.15) is 11.4 Å². The Hall–Kier alpha value is -2.46. The highest BCUT2D eigenvalue weighted by Crippen LogP contribution is 2.26. The Kier molecular flexibility index (Phi) is 4.26. The monoisotopic (exact) mass is 307 g/mol. The molecule has 0 saturated carbocycles. The lowest BCUT2D eigenvalue weighted by Crippen LogP contribution is -2.01. The minimum absolute atomic E-state index is 0.132. The van der Waals surface area contributed by atoms with Crippen molar-refractivity contribution in [1.29, 1.82) is 0 Å². The van der Waals surface area contributed by atoms with E-state index in [4.69, 9.17) is 0 Å². The molecule has 23 heavy (non-hydrogen) atoms. The van der Waals surface area contributed by atoms with E-state index in [1.54, 1.807) is 4.68 Å². The van der Waals surface area contributed by atoms with Gasteiger partial charge in [0.2, 0.25) is 0 Å². The number of nitrogens with zero attached hydrogens (tertiary/aromatic N) is 3. The molecular formula is C19H21N3O. The summed E-state index contributed by atoms with van der Waals surface area (Å²) in [6.45, 7) is 6.27. The number of aliphatic hydroxyl groups excluding tert-OH is 1. The Morgan fingerprint density at radius 2 is 1.65 bits per heavy atom. The van der Waals surface area contributed by atoms with Gasteiger partial charge in [-0.3, -0.25) is 0 Å². The fourth-order valence-corrected chi connectivity index (χ4v) is 2.60. The zero-order chi connectivity index (χ0) is 16.4. The van der Waals surface area contributed by atoms with Crippen LogP contribution in [0.5, 0.6) is 0 Å². The standard InChI is InChI=1S/C19H21N3O/c1-13(2)15-8-10-17(11-9-15)22-19(18(12-23)20-21-22)16-6-4-14(3)5-7-16/h4-11,13,23H,12H2,1-3H3. The van der Waals surface area contributed by atoms with Crippen molar-refractivity contribution in [2.75, 3.05) is 0 Å². The molecule has 0 fully saturated rings. The highest BCUT2D eigenvalue weighted by atomic mass is 16.3. The Balaban J connectivity index is 2.09. The van der Waals surface area contributed by atoms with Crippen LogP contribution in [-0.2, 0) is 6.61 Å². The Morgan fingerprint density at radius 3 is 2.22 bits per heavy atom. The Labute approximate surface area is 136 Å². The highest BCUT2D eigenvalue weighted by molar-refractivity contribution is 5.64. The molecule has 0 bridgehead atoms. The van der Waals surface area contributed by atoms with E-state index in [-0.39, 0.29) is 6.61 Å². The van der Waals surface area contributed by atoms with Crippen LogP contribution < -0.4 is 0 Å². The van der Waals surface area contributed by atoms with Gasteiger partial charge in [-0.25, -0.2) is 4.68 Å². The van der Waals surface area contributed by atoms with Crippen molar-refractivity contribution in [1.82, 2.24) is 15.0 Å². The summed E-state index contributed by atoms with van der Waals surface area (Å²) in [6.07, 6.45) is 0. The molecule has 0 atom stereocenters. The molecule has 3 aromatic rings. The van der Waals surface area contributed by atoms with Gasteiger partial charge in [-0.1, -0.05) is 61.0 Å². The molecular weight excluding hydrogens is 286 g/mol. The maximum absolute atomic E-state index is 9.60. The van der Waals surface area contributed by atoms with Gasteiger partial charge >= 0.3 is 0 Å². The van der Waals surface area contributed by atoms with Gasteiger partial charge < -0.3 is 5.11 Å². The van der Waals surface area contributed by atoms with Crippen molar-refractivity contribution in [2.24, 2.45) is 0 Å². The minimum Gasteiger partial charge on any atom is -0.390 e. The number of rotatable bonds is 4. The summed E-state index contributed by atoms with van der Waals surface area (Å²) < 4.78 is 1.79. The SMILES string of the molecule is Cc1ccc(-c2c(CO)nnn2-c2ccc(C(C)C)cc2)cc1. The van der Waals surface area contributed by atoms with Crippen molar-refractivity contribution < 1.29 is 5.11 Å². The summed E-state index contributed by atoms with van der Waals surface area (Å²) in [7, 11) is 0. The molecule has 1 N–H and O–H groups in total. The molecule has 0 aliphatic rings. The largest absolute Gasteiger partial charge is 0.390 e. The third kappa shape index (κ3) is 3.03. The van der Waals surface area contributed by atoms with E-state index in [9.17, 15) is 5.11 Å². The number of aryl methyl sites for hydroxylation is 1. The average molecular weight is 307 g/mol. The molecule has 2 aromatic carbocycles. The third-order valence-electron chi connectivity index (χ3n) is 4.02. The van der Waals surface area contributed by atoms with Gasteiger partial charge in [-0.05, 0) is 30.5 Å². The fourth-order valence-electron chi connectivity index (χ4n) is 2.60. The first-order chi connectivity index (χ1) is 11.1. The van der Waals surface area contributed by atoms with Gasteiger partial charge in [-0.2, -0.15) is 0 Å². The summed E-state index contributed by atoms with van der Waals surface area (Å²) in [5.74, 6) is 0.490. The zero-order valence-corrected chi connectivity index (χ0v) is 13.7. The van der Waals surface area contributed by atoms with Crippen molar-refractivity contribution in [2.45, 2.75) is 33.3 Å². The fraction of sp³-hybridized carbons (Fsp3) is 0.263. The molecule has 0 aliphatic carbocycles. The Morgan fingerprint density at radius 1 is 1.00 bits per heavy atom. The van der Waals surface area contributed by atoms with Crippen LogP contribution in [0.15, 0.2) is 48.5 Å². The van der Waals surface area contributed by atoms with Crippen LogP contribution in [-0.4, -0.2) is 20.1 Å². The van der Waals surface area contributed by atoms with Crippen LogP contribution >= 0.6 is 0 Å². The van der Waals surface area contributed by atoms with Crippen LogP contribution in [0.4, 0.5) is 0 Å². The molecule has 0 unspecified atom stereocenters. The Bertz CT molecular complexity index is 786. The molecule has 1 aromatic heterocycles. The topological polar surface area (TPSA) is 50.9 Å². The zero-order valence-electron chi connectivity index (χ0n) is 13.7. The number of aliphatic hydroxyl groups is 1. The molecule has 0 radical (unpaired) electrons. The van der Waals surface area contributed by atoms with Gasteiger partial charge in [0.15, 0.2) is 0 Å². The molecule has 3 rings (SSSR count). The number of aromatic nitrogens is 3. The van der Waals surface area contributed by atoms with Gasteiger partial charge in [0.05, 0.1) is 12.3 Å². The van der Waals surface area contributed by atoms with E-state index >= 15 is 0 Å². The summed E-state index contributed by atoms with van der Waals surface area (Å²) in [5.41, 5.74) is 5.84. The van der Waals surface area contributed by atoms with Gasteiger partial charge in [0.25, 0.3) is 0 Å². The van der Waals surface area contributed by atoms with Crippen molar-refractivity contribution in [3.05, 3.63) is 65.4 Å². The summed E-state index contributed by atoms with van der Waals surface area (Å²) in [5, 5.41) is 18.0. The second-order valence-electron chi connectivity index (χ2n) is 6.07. The van der Waals surface area contributed by atoms with E-state index in [1.807, 2.05) is 24.3 Å². The maximum atomic E-state index is 9.60. The molecule has 0 amide bonds. The first-order valence-corrected chi connectivity index (χ1v) is 7.83. The summed E-state index contributed by atoms with van der Waals surface area (Å²) in [4.78, 5) is 0. The van der Waals surface area contributed by atoms with Crippen molar-refractivity contribution in [3.8, 4) is 16.9 Å². The number of benzene rings is 2. The molecule has 118 valence electrons. The predicted octanol–water partition coefficient (Wildman–Crippen LogP) is 3.86. The normalized spacial score (nSPS) is 11.2. The molecule has 0 saturated heterocycles. The first-order valence-electron chi connectivity index (χ1n) is 7.83. The first kappa shape index (κ1) is 15.4. The van der Waals surface area contributed by atoms with E-state index in [1.165, 1.54) is 11.1 Å². The van der Waals surface area contributed by atoms with Crippen LogP contribution in [0, 0.1) is 6.92 Å². The van der Waals surface area contributed by atoms with Crippen LogP contribution in [0.25, 0.3) is 16.9 Å². The van der Waals surface area contributed by atoms with Crippen LogP contribution in [0.1, 0.15) is 36.6 Å². The lowest BCUT2D eigenvalue weighted by molar-refractivity contribution is 0.277. The second-order valence-corrected chi connectivity index (χ2v) is 6.07. The van der Waals surface area contributed by atoms with Gasteiger partial charge in [0, 0.05) is 5.56 Å². The van der Waals surface area contributed by atoms with Crippen LogP contribution in [0.3, 0.4) is 0 Å². The quantitative estimate of drug-likeness (QED) is 0.796. The third-order valence-corrected chi connectivity index (χ3v) is 4.02. The molecule has 4 nitrogen and oxygen atoms in total. The average Bonchev–Trinajstić information content (AvgIpc) is 2.99. The van der Waals surface area contributed by atoms with E-state index in [2.05, 4.69) is 55.3 Å². The predicted molar refractivity (Wildman–Crippen MR) is 91.5 cm³/mol. The van der Waals surface area contributed by atoms with E-state index in [0.29, 0.717) is 11.6 Å². The number of hydrogen-bond acceptors (Lipinski definition) is 3. The van der Waals surface area contributed by atoms with Gasteiger partial charge in [-0.15, -0.1) is 5.10 Å². The molecule has 0 spiro atoms. The molecule has 1 heterocycles. The lowest BCUT2D eigenvalue weighted by atomic mass is 10.0. The lowest BCUT2D eigenvalue weighted by Gasteiger charge is -2.10. The maximum Gasteiger partial charge on any atom is 0.117 e. The van der Waals surface area contributed by atoms with Crippen molar-refractivity contribution >= 4 is 0 Å².